The summed E-state index contributed by atoms with van der Waals surface area (Å²) in [6.45, 7) is 4.84. The summed E-state index contributed by atoms with van der Waals surface area (Å²) in [5.41, 5.74) is 2.28. The van der Waals surface area contributed by atoms with Crippen LogP contribution in [-0.2, 0) is 16.4 Å². The molecule has 1 rings (SSSR count). The van der Waals surface area contributed by atoms with Gasteiger partial charge in [0.15, 0.2) is 9.84 Å². The van der Waals surface area contributed by atoms with Crippen LogP contribution in [0.1, 0.15) is 18.1 Å². The minimum atomic E-state index is -2.86. The first-order chi connectivity index (χ1) is 7.55. The molecule has 0 spiro atoms. The molecule has 5 heteroatoms. The Bertz CT molecular complexity index is 429. The number of rotatable bonds is 6. The van der Waals surface area contributed by atoms with Crippen LogP contribution in [0.5, 0.6) is 0 Å². The smallest absolute Gasteiger partial charge is 0.151 e. The molecule has 16 heavy (non-hydrogen) atoms. The minimum Gasteiger partial charge on any atom is -0.312 e. The standard InChI is InChI=1S/C11H18N2O2S/c1-3-16(14,15)7-6-13-9-11-8-12-5-4-10(11)2/h4-5,8,13H,3,6-7,9H2,1-2H3. The van der Waals surface area contributed by atoms with Crippen LogP contribution in [0.25, 0.3) is 0 Å². The lowest BCUT2D eigenvalue weighted by Gasteiger charge is -2.06. The Hall–Kier alpha value is -0.940. The molecule has 1 aromatic rings. The molecule has 1 N–H and O–H groups in total. The number of aromatic nitrogens is 1. The highest BCUT2D eigenvalue weighted by Gasteiger charge is 2.06. The zero-order chi connectivity index (χ0) is 12.0. The molecule has 0 fully saturated rings. The van der Waals surface area contributed by atoms with Crippen molar-refractivity contribution in [2.45, 2.75) is 20.4 Å². The average molecular weight is 242 g/mol. The van der Waals surface area contributed by atoms with Crippen LogP contribution >= 0.6 is 0 Å². The molecule has 0 aliphatic carbocycles. The Kier molecular flexibility index (Phi) is 4.89. The van der Waals surface area contributed by atoms with Gasteiger partial charge in [-0.05, 0) is 24.1 Å². The third-order valence-electron chi connectivity index (χ3n) is 2.49. The Morgan fingerprint density at radius 3 is 2.81 bits per heavy atom. The van der Waals surface area contributed by atoms with Gasteiger partial charge >= 0.3 is 0 Å². The molecule has 0 amide bonds. The first kappa shape index (κ1) is 13.1. The van der Waals surface area contributed by atoms with Gasteiger partial charge in [-0.1, -0.05) is 6.92 Å². The lowest BCUT2D eigenvalue weighted by Crippen LogP contribution is -2.23. The highest BCUT2D eigenvalue weighted by molar-refractivity contribution is 7.91. The third-order valence-corrected chi connectivity index (χ3v) is 4.20. The Balaban J connectivity index is 2.35. The van der Waals surface area contributed by atoms with E-state index in [1.807, 2.05) is 13.0 Å². The van der Waals surface area contributed by atoms with Gasteiger partial charge in [0.2, 0.25) is 0 Å². The second kappa shape index (κ2) is 5.96. The monoisotopic (exact) mass is 242 g/mol. The zero-order valence-electron chi connectivity index (χ0n) is 9.73. The van der Waals surface area contributed by atoms with Gasteiger partial charge in [0.1, 0.15) is 0 Å². The van der Waals surface area contributed by atoms with Crippen molar-refractivity contribution in [3.8, 4) is 0 Å². The molecule has 0 aliphatic heterocycles. The van der Waals surface area contributed by atoms with Crippen molar-refractivity contribution in [3.63, 3.8) is 0 Å². The first-order valence-corrected chi connectivity index (χ1v) is 7.18. The van der Waals surface area contributed by atoms with Gasteiger partial charge in [-0.3, -0.25) is 4.98 Å². The quantitative estimate of drug-likeness (QED) is 0.753. The lowest BCUT2D eigenvalue weighted by molar-refractivity contribution is 0.591. The second-order valence-corrected chi connectivity index (χ2v) is 6.19. The van der Waals surface area contributed by atoms with E-state index in [0.717, 1.165) is 5.56 Å². The van der Waals surface area contributed by atoms with Crippen molar-refractivity contribution >= 4 is 9.84 Å². The fourth-order valence-corrected chi connectivity index (χ4v) is 2.02. The van der Waals surface area contributed by atoms with Crippen molar-refractivity contribution in [1.29, 1.82) is 0 Å². The van der Waals surface area contributed by atoms with Crippen LogP contribution in [0.3, 0.4) is 0 Å². The number of pyridine rings is 1. The topological polar surface area (TPSA) is 59.1 Å². The molecule has 0 saturated carbocycles. The van der Waals surface area contributed by atoms with Crippen LogP contribution < -0.4 is 5.32 Å². The SMILES string of the molecule is CCS(=O)(=O)CCNCc1cnccc1C. The van der Waals surface area contributed by atoms with E-state index in [9.17, 15) is 8.42 Å². The maximum Gasteiger partial charge on any atom is 0.151 e. The highest BCUT2D eigenvalue weighted by Crippen LogP contribution is 2.03. The summed E-state index contributed by atoms with van der Waals surface area (Å²) in [7, 11) is -2.86. The molecule has 90 valence electrons. The van der Waals surface area contributed by atoms with Gasteiger partial charge in [0.25, 0.3) is 0 Å². The number of hydrogen-bond donors (Lipinski definition) is 1. The average Bonchev–Trinajstić information content (AvgIpc) is 2.27. The Labute approximate surface area is 97.0 Å². The van der Waals surface area contributed by atoms with Gasteiger partial charge in [-0.15, -0.1) is 0 Å². The first-order valence-electron chi connectivity index (χ1n) is 5.36. The van der Waals surface area contributed by atoms with E-state index in [1.165, 1.54) is 5.56 Å². The summed E-state index contributed by atoms with van der Waals surface area (Å²) in [6, 6.07) is 1.94. The van der Waals surface area contributed by atoms with Gasteiger partial charge in [-0.25, -0.2) is 8.42 Å². The lowest BCUT2D eigenvalue weighted by atomic mass is 10.2. The summed E-state index contributed by atoms with van der Waals surface area (Å²) in [4.78, 5) is 4.03. The van der Waals surface area contributed by atoms with E-state index < -0.39 is 9.84 Å². The van der Waals surface area contributed by atoms with E-state index in [1.54, 1.807) is 19.3 Å². The fourth-order valence-electron chi connectivity index (χ4n) is 1.28. The summed E-state index contributed by atoms with van der Waals surface area (Å²) in [6.07, 6.45) is 3.55. The molecule has 4 nitrogen and oxygen atoms in total. The molecular formula is C11H18N2O2S. The van der Waals surface area contributed by atoms with Crippen molar-refractivity contribution in [1.82, 2.24) is 10.3 Å². The molecule has 0 bridgehead atoms. The van der Waals surface area contributed by atoms with E-state index >= 15 is 0 Å². The maximum atomic E-state index is 11.2. The number of hydrogen-bond acceptors (Lipinski definition) is 4. The minimum absolute atomic E-state index is 0.197. The van der Waals surface area contributed by atoms with E-state index in [0.29, 0.717) is 13.1 Å². The molecular weight excluding hydrogens is 224 g/mol. The Morgan fingerprint density at radius 1 is 1.44 bits per heavy atom. The number of nitrogens with zero attached hydrogens (tertiary/aromatic N) is 1. The predicted molar refractivity (Wildman–Crippen MR) is 65.0 cm³/mol. The molecule has 1 aromatic heterocycles. The fraction of sp³-hybridized carbons (Fsp3) is 0.545. The second-order valence-electron chi connectivity index (χ2n) is 3.72. The zero-order valence-corrected chi connectivity index (χ0v) is 10.5. The van der Waals surface area contributed by atoms with Gasteiger partial charge in [0, 0.05) is 31.2 Å². The summed E-state index contributed by atoms with van der Waals surface area (Å²) >= 11 is 0. The molecule has 0 saturated heterocycles. The van der Waals surface area contributed by atoms with E-state index in [4.69, 9.17) is 0 Å². The molecule has 0 atom stereocenters. The number of nitrogens with one attached hydrogen (secondary N) is 1. The molecule has 0 aliphatic rings. The van der Waals surface area contributed by atoms with Crippen molar-refractivity contribution in [2.24, 2.45) is 0 Å². The summed E-state index contributed by atoms with van der Waals surface area (Å²) in [5, 5.41) is 3.11. The van der Waals surface area contributed by atoms with Crippen molar-refractivity contribution in [2.75, 3.05) is 18.1 Å². The van der Waals surface area contributed by atoms with Crippen LogP contribution in [0.4, 0.5) is 0 Å². The largest absolute Gasteiger partial charge is 0.312 e. The molecule has 1 heterocycles. The number of sulfone groups is 1. The molecule has 0 radical (unpaired) electrons. The normalized spacial score (nSPS) is 11.6. The van der Waals surface area contributed by atoms with Crippen LogP contribution in [0.15, 0.2) is 18.5 Å². The highest BCUT2D eigenvalue weighted by atomic mass is 32.2. The van der Waals surface area contributed by atoms with Crippen LogP contribution in [-0.4, -0.2) is 31.5 Å². The van der Waals surface area contributed by atoms with Crippen LogP contribution in [0, 0.1) is 6.92 Å². The predicted octanol–water partition coefficient (Wildman–Crippen LogP) is 0.914. The van der Waals surface area contributed by atoms with E-state index in [-0.39, 0.29) is 11.5 Å². The van der Waals surface area contributed by atoms with Gasteiger partial charge in [-0.2, -0.15) is 0 Å². The molecule has 0 unspecified atom stereocenters. The Morgan fingerprint density at radius 2 is 2.19 bits per heavy atom. The summed E-state index contributed by atoms with van der Waals surface area (Å²) in [5.74, 6) is 0.406. The third kappa shape index (κ3) is 4.28. The van der Waals surface area contributed by atoms with Crippen LogP contribution in [0.2, 0.25) is 0 Å². The maximum absolute atomic E-state index is 11.2. The van der Waals surface area contributed by atoms with Crippen molar-refractivity contribution < 1.29 is 8.42 Å². The number of aryl methyl sites for hydroxylation is 1. The van der Waals surface area contributed by atoms with Gasteiger partial charge < -0.3 is 5.32 Å². The van der Waals surface area contributed by atoms with Crippen molar-refractivity contribution in [3.05, 3.63) is 29.6 Å². The van der Waals surface area contributed by atoms with Gasteiger partial charge in [0.05, 0.1) is 5.75 Å². The van der Waals surface area contributed by atoms with E-state index in [2.05, 4.69) is 10.3 Å². The molecule has 0 aromatic carbocycles. The summed E-state index contributed by atoms with van der Waals surface area (Å²) < 4.78 is 22.5.